The highest BCUT2D eigenvalue weighted by Gasteiger charge is 2.40. The fourth-order valence-corrected chi connectivity index (χ4v) is 4.20. The van der Waals surface area contributed by atoms with Crippen molar-refractivity contribution in [1.82, 2.24) is 0 Å². The highest BCUT2D eigenvalue weighted by molar-refractivity contribution is 6.74. The molecule has 0 aliphatic carbocycles. The molecule has 0 aliphatic heterocycles. The molecule has 0 rings (SSSR count). The molecule has 0 aliphatic rings. The van der Waals surface area contributed by atoms with Crippen molar-refractivity contribution < 1.29 is 9.53 Å². The van der Waals surface area contributed by atoms with Crippen LogP contribution in [0.4, 0.5) is 0 Å². The monoisotopic (exact) mass is 368 g/mol. The summed E-state index contributed by atoms with van der Waals surface area (Å²) in [7, 11) is -1.83. The van der Waals surface area contributed by atoms with E-state index in [2.05, 4.69) is 79.8 Å². The summed E-state index contributed by atoms with van der Waals surface area (Å²) in [4.78, 5) is 0. The molecule has 0 aromatic heterocycles. The van der Waals surface area contributed by atoms with Crippen molar-refractivity contribution in [2.45, 2.75) is 98.4 Å². The number of hydrogen-bond acceptors (Lipinski definition) is 2. The Labute approximate surface area is 158 Å². The standard InChI is InChI=1S/C22H44O2Si/c1-10-14-18(2)17-20(4)21(19(3)15-12-11-13-16-23)24-25(8,9)22(5,6)7/h12,15,17-19,21,23H,10-11,13-14,16H2,1-9H3/b15-12+,20-17+/t18-,19-,21-/m1/s1. The van der Waals surface area contributed by atoms with Crippen LogP contribution in [0.2, 0.25) is 18.1 Å². The minimum Gasteiger partial charge on any atom is -0.410 e. The van der Waals surface area contributed by atoms with Crippen molar-refractivity contribution in [2.24, 2.45) is 11.8 Å². The average Bonchev–Trinajstić information content (AvgIpc) is 2.48. The van der Waals surface area contributed by atoms with Crippen LogP contribution in [0.15, 0.2) is 23.8 Å². The zero-order chi connectivity index (χ0) is 19.7. The van der Waals surface area contributed by atoms with Gasteiger partial charge >= 0.3 is 0 Å². The van der Waals surface area contributed by atoms with Crippen LogP contribution >= 0.6 is 0 Å². The molecule has 0 aromatic carbocycles. The molecule has 3 heteroatoms. The third-order valence-corrected chi connectivity index (χ3v) is 9.87. The second kappa shape index (κ2) is 11.4. The van der Waals surface area contributed by atoms with Crippen LogP contribution in [0, 0.1) is 11.8 Å². The van der Waals surface area contributed by atoms with Crippen molar-refractivity contribution in [2.75, 3.05) is 6.61 Å². The molecular weight excluding hydrogens is 324 g/mol. The van der Waals surface area contributed by atoms with E-state index in [1.807, 2.05) is 0 Å². The summed E-state index contributed by atoms with van der Waals surface area (Å²) in [6.07, 6.45) is 11.2. The Balaban J connectivity index is 5.39. The van der Waals surface area contributed by atoms with Crippen LogP contribution in [0.5, 0.6) is 0 Å². The molecule has 0 spiro atoms. The van der Waals surface area contributed by atoms with Gasteiger partial charge in [-0.3, -0.25) is 0 Å². The minimum absolute atomic E-state index is 0.144. The summed E-state index contributed by atoms with van der Waals surface area (Å²) in [6.45, 7) is 20.9. The first-order chi connectivity index (χ1) is 11.5. The lowest BCUT2D eigenvalue weighted by Crippen LogP contribution is -2.45. The van der Waals surface area contributed by atoms with Crippen molar-refractivity contribution in [3.8, 4) is 0 Å². The van der Waals surface area contributed by atoms with Crippen LogP contribution in [0.3, 0.4) is 0 Å². The van der Waals surface area contributed by atoms with Crippen molar-refractivity contribution >= 4 is 8.32 Å². The van der Waals surface area contributed by atoms with E-state index < -0.39 is 8.32 Å². The van der Waals surface area contributed by atoms with Gasteiger partial charge in [0, 0.05) is 12.5 Å². The maximum Gasteiger partial charge on any atom is 0.192 e. The van der Waals surface area contributed by atoms with E-state index in [9.17, 15) is 0 Å². The quantitative estimate of drug-likeness (QED) is 0.249. The third kappa shape index (κ3) is 9.21. The molecule has 0 saturated heterocycles. The van der Waals surface area contributed by atoms with Crippen molar-refractivity contribution in [3.63, 3.8) is 0 Å². The second-order valence-electron chi connectivity index (χ2n) is 9.13. The Morgan fingerprint density at radius 3 is 2.28 bits per heavy atom. The van der Waals surface area contributed by atoms with Crippen LogP contribution < -0.4 is 0 Å². The fraction of sp³-hybridized carbons (Fsp3) is 0.818. The molecule has 0 heterocycles. The summed E-state index contributed by atoms with van der Waals surface area (Å²) in [5.41, 5.74) is 1.37. The minimum atomic E-state index is -1.83. The number of unbranched alkanes of at least 4 members (excludes halogenated alkanes) is 1. The van der Waals surface area contributed by atoms with E-state index in [0.717, 1.165) is 12.8 Å². The van der Waals surface area contributed by atoms with Crippen LogP contribution in [-0.4, -0.2) is 26.1 Å². The average molecular weight is 369 g/mol. The van der Waals surface area contributed by atoms with E-state index >= 15 is 0 Å². The van der Waals surface area contributed by atoms with Gasteiger partial charge < -0.3 is 9.53 Å². The molecule has 0 unspecified atom stereocenters. The number of allylic oxidation sites excluding steroid dienone is 2. The van der Waals surface area contributed by atoms with Gasteiger partial charge in [0.2, 0.25) is 0 Å². The van der Waals surface area contributed by atoms with Crippen molar-refractivity contribution in [3.05, 3.63) is 23.8 Å². The summed E-state index contributed by atoms with van der Waals surface area (Å²) in [5, 5.41) is 9.17. The van der Waals surface area contributed by atoms with E-state index in [4.69, 9.17) is 9.53 Å². The maximum absolute atomic E-state index is 8.96. The number of aliphatic hydroxyl groups excluding tert-OH is 1. The zero-order valence-electron chi connectivity index (χ0n) is 18.4. The van der Waals surface area contributed by atoms with E-state index in [1.165, 1.54) is 18.4 Å². The summed E-state index contributed by atoms with van der Waals surface area (Å²) in [5.74, 6) is 0.943. The van der Waals surface area contributed by atoms with Gasteiger partial charge in [-0.2, -0.15) is 0 Å². The highest BCUT2D eigenvalue weighted by Crippen LogP contribution is 2.39. The smallest absolute Gasteiger partial charge is 0.192 e. The molecule has 0 amide bonds. The molecule has 0 saturated carbocycles. The SMILES string of the molecule is CCC[C@@H](C)/C=C(\C)[C@H](O[Si](C)(C)C(C)(C)C)[C@H](C)/C=C/CCCO. The first kappa shape index (κ1) is 24.6. The number of aliphatic hydroxyl groups is 1. The van der Waals surface area contributed by atoms with Gasteiger partial charge in [-0.1, -0.05) is 66.2 Å². The Morgan fingerprint density at radius 1 is 1.20 bits per heavy atom. The molecule has 1 N–H and O–H groups in total. The Kier molecular flexibility index (Phi) is 11.2. The summed E-state index contributed by atoms with van der Waals surface area (Å²) in [6, 6.07) is 0. The van der Waals surface area contributed by atoms with Crippen LogP contribution in [0.25, 0.3) is 0 Å². The molecule has 0 bridgehead atoms. The molecule has 3 atom stereocenters. The predicted octanol–water partition coefficient (Wildman–Crippen LogP) is 6.72. The number of rotatable bonds is 11. The summed E-state index contributed by atoms with van der Waals surface area (Å²) < 4.78 is 6.83. The maximum atomic E-state index is 8.96. The highest BCUT2D eigenvalue weighted by atomic mass is 28.4. The van der Waals surface area contributed by atoms with Crippen LogP contribution in [-0.2, 0) is 4.43 Å². The predicted molar refractivity (Wildman–Crippen MR) is 115 cm³/mol. The molecule has 148 valence electrons. The topological polar surface area (TPSA) is 29.5 Å². The number of hydrogen-bond donors (Lipinski definition) is 1. The van der Waals surface area contributed by atoms with Gasteiger partial charge in [0.1, 0.15) is 0 Å². The lowest BCUT2D eigenvalue weighted by atomic mass is 9.93. The lowest BCUT2D eigenvalue weighted by molar-refractivity contribution is 0.177. The van der Waals surface area contributed by atoms with Gasteiger partial charge in [0.05, 0.1) is 6.10 Å². The zero-order valence-corrected chi connectivity index (χ0v) is 19.4. The lowest BCUT2D eigenvalue weighted by Gasteiger charge is -2.41. The first-order valence-electron chi connectivity index (χ1n) is 10.1. The van der Waals surface area contributed by atoms with E-state index in [-0.39, 0.29) is 17.7 Å². The largest absolute Gasteiger partial charge is 0.410 e. The molecule has 2 nitrogen and oxygen atoms in total. The van der Waals surface area contributed by atoms with E-state index in [1.54, 1.807) is 0 Å². The Hall–Kier alpha value is -0.383. The Morgan fingerprint density at radius 2 is 1.80 bits per heavy atom. The first-order valence-corrected chi connectivity index (χ1v) is 13.0. The van der Waals surface area contributed by atoms with Gasteiger partial charge in [-0.25, -0.2) is 0 Å². The Bertz CT molecular complexity index is 418. The van der Waals surface area contributed by atoms with Crippen molar-refractivity contribution in [1.29, 1.82) is 0 Å². The molecule has 0 aromatic rings. The second-order valence-corrected chi connectivity index (χ2v) is 13.9. The van der Waals surface area contributed by atoms with E-state index in [0.29, 0.717) is 11.8 Å². The molecule has 0 fully saturated rings. The van der Waals surface area contributed by atoms with Gasteiger partial charge in [0.25, 0.3) is 0 Å². The van der Waals surface area contributed by atoms with Crippen LogP contribution in [0.1, 0.15) is 74.1 Å². The fourth-order valence-electron chi connectivity index (χ4n) is 2.81. The van der Waals surface area contributed by atoms with Gasteiger partial charge in [-0.05, 0) is 55.8 Å². The molecule has 25 heavy (non-hydrogen) atoms. The van der Waals surface area contributed by atoms with Gasteiger partial charge in [-0.15, -0.1) is 0 Å². The third-order valence-electron chi connectivity index (χ3n) is 5.41. The molecule has 0 radical (unpaired) electrons. The molecular formula is C22H44O2Si. The van der Waals surface area contributed by atoms with Gasteiger partial charge in [0.15, 0.2) is 8.32 Å². The normalized spacial score (nSPS) is 17.8. The summed E-state index contributed by atoms with van der Waals surface area (Å²) >= 11 is 0.